The lowest BCUT2D eigenvalue weighted by Crippen LogP contribution is -2.31. The van der Waals surface area contributed by atoms with Crippen LogP contribution in [0.25, 0.3) is 21.5 Å². The predicted molar refractivity (Wildman–Crippen MR) is 281 cm³/mol. The summed E-state index contributed by atoms with van der Waals surface area (Å²) in [5, 5.41) is 9.61. The SMILES string of the molecule is COCCNS(=O)(=O)c1cc(S(=O)(=O)O)cc2c3c(ccc12)N(CCOC)C(=CC=CC=CC=CC1=[N+](CCCCCC(=O)O)c2ccc4c(S(=O)(=O)O)cc(S(=O)(=O)O)cc4c2C1(C)C)C3(C)CCCS(=O)(=O)O. The summed E-state index contributed by atoms with van der Waals surface area (Å²) < 4.78 is 182. The number of hydrogen-bond donors (Lipinski definition) is 6. The molecule has 4 aromatic carbocycles. The first-order valence-electron chi connectivity index (χ1n) is 23.3. The molecular weight excluding hydrogens is 1080 g/mol. The largest absolute Gasteiger partial charge is 0.481 e. The van der Waals surface area contributed by atoms with Crippen molar-refractivity contribution in [1.82, 2.24) is 4.72 Å². The molecule has 0 bridgehead atoms. The fraction of sp³-hybridized carbons (Fsp3) is 0.388. The van der Waals surface area contributed by atoms with Crippen molar-refractivity contribution >= 4 is 95.1 Å². The summed E-state index contributed by atoms with van der Waals surface area (Å²) in [6, 6.07) is 10.1. The zero-order valence-electron chi connectivity index (χ0n) is 41.6. The Morgan fingerprint density at radius 3 is 1.87 bits per heavy atom. The normalized spacial score (nSPS) is 18.0. The molecule has 6 rings (SSSR count). The zero-order valence-corrected chi connectivity index (χ0v) is 45.7. The highest BCUT2D eigenvalue weighted by atomic mass is 32.2. The van der Waals surface area contributed by atoms with Crippen LogP contribution in [0.5, 0.6) is 0 Å². The number of anilines is 1. The molecule has 1 atom stereocenters. The first-order chi connectivity index (χ1) is 34.9. The molecule has 75 heavy (non-hydrogen) atoms. The van der Waals surface area contributed by atoms with Gasteiger partial charge in [0, 0.05) is 85.4 Å². The number of carboxylic acid groups (broad SMARTS) is 1. The molecule has 0 spiro atoms. The first-order valence-corrected chi connectivity index (χ1v) is 30.7. The Labute approximate surface area is 437 Å². The smallest absolute Gasteiger partial charge is 0.303 e. The van der Waals surface area contributed by atoms with E-state index in [2.05, 4.69) is 4.72 Å². The maximum absolute atomic E-state index is 13.8. The molecule has 408 valence electrons. The maximum Gasteiger partial charge on any atom is 0.303 e. The Morgan fingerprint density at radius 1 is 0.680 bits per heavy atom. The Bertz CT molecular complexity index is 3660. The molecule has 0 aliphatic carbocycles. The van der Waals surface area contributed by atoms with Crippen LogP contribution in [0.15, 0.2) is 116 Å². The Hall–Kier alpha value is -5.23. The molecule has 0 aromatic heterocycles. The van der Waals surface area contributed by atoms with Gasteiger partial charge in [0.2, 0.25) is 15.7 Å². The van der Waals surface area contributed by atoms with Crippen molar-refractivity contribution in [3.63, 3.8) is 0 Å². The molecule has 2 heterocycles. The van der Waals surface area contributed by atoms with Crippen LogP contribution in [-0.4, -0.2) is 134 Å². The topological polar surface area (TPSA) is 326 Å². The Balaban J connectivity index is 1.45. The number of ether oxygens (including phenoxy) is 2. The minimum Gasteiger partial charge on any atom is -0.481 e. The number of unbranched alkanes of at least 4 members (excludes halogenated alkanes) is 2. The minimum atomic E-state index is -5.00. The minimum absolute atomic E-state index is 0.00514. The molecule has 0 radical (unpaired) electrons. The van der Waals surface area contributed by atoms with Crippen LogP contribution in [0.3, 0.4) is 0 Å². The quantitative estimate of drug-likeness (QED) is 0.0183. The van der Waals surface area contributed by atoms with Crippen LogP contribution in [0.1, 0.15) is 70.4 Å². The summed E-state index contributed by atoms with van der Waals surface area (Å²) in [6.45, 7) is 6.07. The lowest BCUT2D eigenvalue weighted by molar-refractivity contribution is -0.438. The predicted octanol–water partition coefficient (Wildman–Crippen LogP) is 6.32. The second kappa shape index (κ2) is 22.8. The van der Waals surface area contributed by atoms with E-state index in [1.54, 1.807) is 55.5 Å². The lowest BCUT2D eigenvalue weighted by Gasteiger charge is -2.30. The van der Waals surface area contributed by atoms with Gasteiger partial charge < -0.3 is 19.5 Å². The Morgan fingerprint density at radius 2 is 1.27 bits per heavy atom. The number of aliphatic carboxylic acids is 1. The van der Waals surface area contributed by atoms with E-state index in [4.69, 9.17) is 9.47 Å². The van der Waals surface area contributed by atoms with E-state index in [0.29, 0.717) is 65.8 Å². The molecule has 2 aliphatic heterocycles. The number of rotatable bonds is 25. The monoisotopic (exact) mass is 1140 g/mol. The maximum atomic E-state index is 13.8. The number of nitrogens with zero attached hydrogens (tertiary/aromatic N) is 2. The number of fused-ring (bicyclic) bond motifs is 6. The van der Waals surface area contributed by atoms with E-state index in [1.807, 2.05) is 29.4 Å². The number of sulfonamides is 1. The van der Waals surface area contributed by atoms with Gasteiger partial charge in [-0.2, -0.15) is 38.2 Å². The average Bonchev–Trinajstić information content (AvgIpc) is 3.67. The van der Waals surface area contributed by atoms with E-state index in [0.717, 1.165) is 12.1 Å². The number of carboxylic acids is 1. The van der Waals surface area contributed by atoms with Crippen molar-refractivity contribution in [2.75, 3.05) is 57.7 Å². The molecule has 6 N–H and O–H groups in total. The molecule has 21 nitrogen and oxygen atoms in total. The van der Waals surface area contributed by atoms with E-state index in [9.17, 15) is 70.2 Å². The van der Waals surface area contributed by atoms with Gasteiger partial charge in [0.15, 0.2) is 5.71 Å². The summed E-state index contributed by atoms with van der Waals surface area (Å²) in [5.41, 5.74) is 1.12. The summed E-state index contributed by atoms with van der Waals surface area (Å²) in [7, 11) is -21.0. The van der Waals surface area contributed by atoms with E-state index < -0.39 is 92.6 Å². The zero-order chi connectivity index (χ0) is 55.5. The molecule has 0 fully saturated rings. The van der Waals surface area contributed by atoms with Crippen molar-refractivity contribution in [3.05, 3.63) is 108 Å². The van der Waals surface area contributed by atoms with Crippen molar-refractivity contribution in [1.29, 1.82) is 0 Å². The summed E-state index contributed by atoms with van der Waals surface area (Å²) >= 11 is 0. The van der Waals surface area contributed by atoms with Gasteiger partial charge >= 0.3 is 5.97 Å². The number of benzene rings is 4. The van der Waals surface area contributed by atoms with Crippen molar-refractivity contribution in [3.8, 4) is 0 Å². The summed E-state index contributed by atoms with van der Waals surface area (Å²) in [5.74, 6) is -1.57. The third kappa shape index (κ3) is 13.1. The average molecular weight is 1140 g/mol. The fourth-order valence-electron chi connectivity index (χ4n) is 9.96. The van der Waals surface area contributed by atoms with Crippen molar-refractivity contribution < 1.29 is 84.3 Å². The van der Waals surface area contributed by atoms with Gasteiger partial charge in [-0.05, 0) is 105 Å². The van der Waals surface area contributed by atoms with Gasteiger partial charge in [-0.15, -0.1) is 0 Å². The summed E-state index contributed by atoms with van der Waals surface area (Å²) in [6.07, 6.45) is 13.5. The highest BCUT2D eigenvalue weighted by molar-refractivity contribution is 7.90. The van der Waals surface area contributed by atoms with Crippen LogP contribution in [-0.2, 0) is 75.6 Å². The van der Waals surface area contributed by atoms with Gasteiger partial charge in [0.25, 0.3) is 40.5 Å². The second-order valence-electron chi connectivity index (χ2n) is 18.7. The third-order valence-corrected chi connectivity index (χ3v) is 18.1. The highest BCUT2D eigenvalue weighted by Crippen LogP contribution is 2.54. The molecule has 0 saturated carbocycles. The number of hydrogen-bond acceptors (Lipinski definition) is 14. The van der Waals surface area contributed by atoms with Crippen LogP contribution in [0.4, 0.5) is 11.4 Å². The van der Waals surface area contributed by atoms with Crippen LogP contribution in [0.2, 0.25) is 0 Å². The summed E-state index contributed by atoms with van der Waals surface area (Å²) in [4.78, 5) is 10.5. The molecule has 0 amide bonds. The number of methoxy groups -OCH3 is 2. The van der Waals surface area contributed by atoms with E-state index >= 15 is 0 Å². The Kier molecular flexibility index (Phi) is 17.9. The van der Waals surface area contributed by atoms with Gasteiger partial charge in [-0.25, -0.2) is 13.1 Å². The van der Waals surface area contributed by atoms with Gasteiger partial charge in [-0.1, -0.05) is 36.4 Å². The van der Waals surface area contributed by atoms with Crippen LogP contribution >= 0.6 is 0 Å². The molecular formula is C49H60N3O18S5+. The lowest BCUT2D eigenvalue weighted by atomic mass is 9.75. The molecule has 2 aliphatic rings. The van der Waals surface area contributed by atoms with E-state index in [1.165, 1.54) is 32.4 Å². The number of allylic oxidation sites excluding steroid dienone is 8. The standard InChI is InChI=1S/C49H59N3O18S5/c1-48(2)43(51(24-13-9-12-17-45(53)54)39-20-19-36-37(46(39)48)29-34(74(63,64)65)32-42(36)75(66,67)68)15-10-7-6-8-11-16-44-49(3,22-14-28-71(55,56)57)47-38-30-33(73(60,61)62)31-41(72(58,59)50-23-26-69-4)35(38)18-21-40(47)52(44)25-27-70-5/h6-8,10-11,15-16,18-21,29-32,50H,9,12-14,17,22-28H2,1-5H3,(H4-,53,54,55,56,57,60,61,62,63,64,65,66,67,68)/p+1. The van der Waals surface area contributed by atoms with Gasteiger partial charge in [0.1, 0.15) is 11.4 Å². The number of nitrogens with one attached hydrogen (secondary N) is 1. The molecule has 4 aromatic rings. The molecule has 0 saturated heterocycles. The fourth-order valence-corrected chi connectivity index (χ4v) is 13.7. The second-order valence-corrected chi connectivity index (χ2v) is 26.2. The molecule has 1 unspecified atom stereocenters. The van der Waals surface area contributed by atoms with Gasteiger partial charge in [0.05, 0.1) is 39.1 Å². The van der Waals surface area contributed by atoms with Crippen molar-refractivity contribution in [2.45, 2.75) is 89.7 Å². The van der Waals surface area contributed by atoms with Crippen LogP contribution in [0, 0.1) is 0 Å². The third-order valence-electron chi connectivity index (χ3n) is 13.2. The molecule has 26 heteroatoms. The van der Waals surface area contributed by atoms with E-state index in [-0.39, 0.29) is 67.1 Å². The van der Waals surface area contributed by atoms with Gasteiger partial charge in [-0.3, -0.25) is 23.0 Å². The highest BCUT2D eigenvalue weighted by Gasteiger charge is 2.47. The number of carbonyl (C=O) groups is 1. The van der Waals surface area contributed by atoms with Crippen molar-refractivity contribution in [2.24, 2.45) is 0 Å². The van der Waals surface area contributed by atoms with Crippen LogP contribution < -0.4 is 9.62 Å². The first kappa shape index (κ1) is 59.0.